The Hall–Kier alpha value is -1.07. The third-order valence-corrected chi connectivity index (χ3v) is 4.78. The highest BCUT2D eigenvalue weighted by atomic mass is 19.4. The predicted molar refractivity (Wildman–Crippen MR) is 87.7 cm³/mol. The smallest absolute Gasteiger partial charge is 0.315 e. The first kappa shape index (κ1) is 18.3. The van der Waals surface area contributed by atoms with Crippen molar-refractivity contribution in [3.63, 3.8) is 0 Å². The van der Waals surface area contributed by atoms with Gasteiger partial charge in [0.2, 0.25) is 0 Å². The molecule has 0 aliphatic carbocycles. The van der Waals surface area contributed by atoms with Gasteiger partial charge in [-0.05, 0) is 61.9 Å². The molecule has 1 aromatic carbocycles. The van der Waals surface area contributed by atoms with Crippen molar-refractivity contribution in [2.24, 2.45) is 0 Å². The molecule has 1 heterocycles. The first-order valence-corrected chi connectivity index (χ1v) is 8.43. The SMILES string of the molecule is CC[C@@H](c1cc(CNC2CCCNC2)c(C)cc1C)C(F)(F)F. The van der Waals surface area contributed by atoms with E-state index in [0.29, 0.717) is 18.2 Å². The first-order valence-electron chi connectivity index (χ1n) is 8.43. The minimum Gasteiger partial charge on any atom is -0.315 e. The van der Waals surface area contributed by atoms with Gasteiger partial charge in [-0.1, -0.05) is 19.1 Å². The third-order valence-electron chi connectivity index (χ3n) is 4.78. The summed E-state index contributed by atoms with van der Waals surface area (Å²) in [6, 6.07) is 4.05. The van der Waals surface area contributed by atoms with E-state index >= 15 is 0 Å². The molecule has 1 saturated heterocycles. The molecule has 0 amide bonds. The number of hydrogen-bond acceptors (Lipinski definition) is 2. The standard InChI is InChI=1S/C18H27F3N2/c1-4-17(18(19,20)21)16-9-14(12(2)8-13(16)3)10-23-15-6-5-7-22-11-15/h8-9,15,17,22-23H,4-7,10-11H2,1-3H3/t15?,17-/m0/s1. The molecule has 0 aromatic heterocycles. The third kappa shape index (κ3) is 4.70. The number of aryl methyl sites for hydroxylation is 2. The Kier molecular flexibility index (Phi) is 6.09. The van der Waals surface area contributed by atoms with E-state index < -0.39 is 12.1 Å². The number of nitrogens with one attached hydrogen (secondary N) is 2. The van der Waals surface area contributed by atoms with Crippen LogP contribution >= 0.6 is 0 Å². The van der Waals surface area contributed by atoms with Crippen molar-refractivity contribution in [2.75, 3.05) is 13.1 Å². The Balaban J connectivity index is 2.18. The largest absolute Gasteiger partial charge is 0.395 e. The summed E-state index contributed by atoms with van der Waals surface area (Å²) in [5.41, 5.74) is 3.18. The van der Waals surface area contributed by atoms with Gasteiger partial charge in [-0.3, -0.25) is 0 Å². The summed E-state index contributed by atoms with van der Waals surface area (Å²) in [5, 5.41) is 6.82. The Morgan fingerprint density at radius 1 is 1.26 bits per heavy atom. The fraction of sp³-hybridized carbons (Fsp3) is 0.667. The Morgan fingerprint density at radius 3 is 2.57 bits per heavy atom. The Morgan fingerprint density at radius 2 is 2.00 bits per heavy atom. The van der Waals surface area contributed by atoms with Crippen LogP contribution in [0.5, 0.6) is 0 Å². The Bertz CT molecular complexity index is 520. The summed E-state index contributed by atoms with van der Waals surface area (Å²) < 4.78 is 39.8. The van der Waals surface area contributed by atoms with Gasteiger partial charge in [0.05, 0.1) is 5.92 Å². The lowest BCUT2D eigenvalue weighted by molar-refractivity contribution is -0.151. The molecule has 5 heteroatoms. The molecule has 0 radical (unpaired) electrons. The van der Waals surface area contributed by atoms with Crippen molar-refractivity contribution >= 4 is 0 Å². The van der Waals surface area contributed by atoms with Crippen LogP contribution in [0.1, 0.15) is 54.4 Å². The quantitative estimate of drug-likeness (QED) is 0.846. The van der Waals surface area contributed by atoms with Gasteiger partial charge in [0.1, 0.15) is 0 Å². The van der Waals surface area contributed by atoms with E-state index in [2.05, 4.69) is 10.6 Å². The molecule has 0 bridgehead atoms. The van der Waals surface area contributed by atoms with Crippen LogP contribution in [-0.2, 0) is 6.54 Å². The highest BCUT2D eigenvalue weighted by Crippen LogP contribution is 2.39. The number of hydrogen-bond donors (Lipinski definition) is 2. The number of piperidine rings is 1. The highest BCUT2D eigenvalue weighted by Gasteiger charge is 2.40. The van der Waals surface area contributed by atoms with Crippen LogP contribution in [0.3, 0.4) is 0 Å². The normalized spacial score (nSPS) is 20.5. The van der Waals surface area contributed by atoms with Crippen LogP contribution < -0.4 is 10.6 Å². The van der Waals surface area contributed by atoms with Gasteiger partial charge in [0.25, 0.3) is 0 Å². The van der Waals surface area contributed by atoms with Crippen LogP contribution in [0.4, 0.5) is 13.2 Å². The van der Waals surface area contributed by atoms with Gasteiger partial charge in [-0.2, -0.15) is 13.2 Å². The van der Waals surface area contributed by atoms with E-state index in [0.717, 1.165) is 42.6 Å². The number of alkyl halides is 3. The van der Waals surface area contributed by atoms with Crippen LogP contribution in [0.25, 0.3) is 0 Å². The zero-order valence-electron chi connectivity index (χ0n) is 14.2. The minimum atomic E-state index is -4.19. The molecule has 130 valence electrons. The fourth-order valence-corrected chi connectivity index (χ4v) is 3.39. The maximum Gasteiger partial charge on any atom is 0.395 e. The topological polar surface area (TPSA) is 24.1 Å². The van der Waals surface area contributed by atoms with Gasteiger partial charge >= 0.3 is 6.18 Å². The van der Waals surface area contributed by atoms with Crippen LogP contribution in [0.15, 0.2) is 12.1 Å². The maximum atomic E-state index is 13.3. The lowest BCUT2D eigenvalue weighted by atomic mass is 9.88. The average Bonchev–Trinajstić information content (AvgIpc) is 2.48. The van der Waals surface area contributed by atoms with Crippen molar-refractivity contribution in [3.05, 3.63) is 34.4 Å². The van der Waals surface area contributed by atoms with Crippen molar-refractivity contribution in [1.82, 2.24) is 10.6 Å². The van der Waals surface area contributed by atoms with Crippen LogP contribution in [0, 0.1) is 13.8 Å². The lowest BCUT2D eigenvalue weighted by Gasteiger charge is -2.26. The summed E-state index contributed by atoms with van der Waals surface area (Å²) in [4.78, 5) is 0. The van der Waals surface area contributed by atoms with E-state index in [9.17, 15) is 13.2 Å². The molecule has 2 nitrogen and oxygen atoms in total. The summed E-state index contributed by atoms with van der Waals surface area (Å²) >= 11 is 0. The second kappa shape index (κ2) is 7.67. The molecule has 1 unspecified atom stereocenters. The summed E-state index contributed by atoms with van der Waals surface area (Å²) in [5.74, 6) is -1.38. The van der Waals surface area contributed by atoms with Crippen molar-refractivity contribution < 1.29 is 13.2 Å². The Labute approximate surface area is 136 Å². The molecular formula is C18H27F3N2. The van der Waals surface area contributed by atoms with Crippen LogP contribution in [0.2, 0.25) is 0 Å². The van der Waals surface area contributed by atoms with E-state index in [4.69, 9.17) is 0 Å². The molecule has 0 spiro atoms. The average molecular weight is 328 g/mol. The molecule has 0 saturated carbocycles. The summed E-state index contributed by atoms with van der Waals surface area (Å²) in [6.45, 7) is 7.96. The number of benzene rings is 1. The number of halogens is 3. The molecule has 1 aliphatic heterocycles. The zero-order chi connectivity index (χ0) is 17.0. The van der Waals surface area contributed by atoms with Crippen molar-refractivity contribution in [2.45, 2.75) is 64.7 Å². The maximum absolute atomic E-state index is 13.3. The highest BCUT2D eigenvalue weighted by molar-refractivity contribution is 5.39. The van der Waals surface area contributed by atoms with Gasteiger partial charge in [0.15, 0.2) is 0 Å². The summed E-state index contributed by atoms with van der Waals surface area (Å²) in [7, 11) is 0. The van der Waals surface area contributed by atoms with Crippen molar-refractivity contribution in [1.29, 1.82) is 0 Å². The zero-order valence-corrected chi connectivity index (χ0v) is 14.2. The van der Waals surface area contributed by atoms with Gasteiger partial charge < -0.3 is 10.6 Å². The van der Waals surface area contributed by atoms with E-state index in [1.807, 2.05) is 13.0 Å². The molecule has 1 aromatic rings. The van der Waals surface area contributed by atoms with E-state index in [-0.39, 0.29) is 6.42 Å². The number of rotatable bonds is 5. The predicted octanol–water partition coefficient (Wildman–Crippen LogP) is 4.20. The van der Waals surface area contributed by atoms with Gasteiger partial charge in [0, 0.05) is 19.1 Å². The lowest BCUT2D eigenvalue weighted by Crippen LogP contribution is -2.42. The summed E-state index contributed by atoms with van der Waals surface area (Å²) in [6.07, 6.45) is -1.85. The van der Waals surface area contributed by atoms with E-state index in [1.54, 1.807) is 19.9 Å². The van der Waals surface area contributed by atoms with Crippen molar-refractivity contribution in [3.8, 4) is 0 Å². The molecule has 1 fully saturated rings. The molecule has 2 atom stereocenters. The molecule has 2 rings (SSSR count). The fourth-order valence-electron chi connectivity index (χ4n) is 3.39. The van der Waals surface area contributed by atoms with Crippen LogP contribution in [-0.4, -0.2) is 25.3 Å². The van der Waals surface area contributed by atoms with Gasteiger partial charge in [-0.15, -0.1) is 0 Å². The molecule has 2 N–H and O–H groups in total. The monoisotopic (exact) mass is 328 g/mol. The second-order valence-corrected chi connectivity index (χ2v) is 6.56. The minimum absolute atomic E-state index is 0.0762. The van der Waals surface area contributed by atoms with Gasteiger partial charge in [-0.25, -0.2) is 0 Å². The molecule has 23 heavy (non-hydrogen) atoms. The second-order valence-electron chi connectivity index (χ2n) is 6.56. The molecular weight excluding hydrogens is 301 g/mol. The first-order chi connectivity index (χ1) is 10.8. The molecule has 1 aliphatic rings. The van der Waals surface area contributed by atoms with E-state index in [1.165, 1.54) is 0 Å².